The number of rotatable bonds is 8. The molecule has 0 heterocycles. The van der Waals surface area contributed by atoms with Crippen LogP contribution in [-0.4, -0.2) is 39.4 Å². The summed E-state index contributed by atoms with van der Waals surface area (Å²) >= 11 is 0. The molecule has 1 rings (SSSR count). The topological polar surface area (TPSA) is 66.5 Å². The number of carbonyl (C=O) groups excluding carboxylic acids is 1. The van der Waals surface area contributed by atoms with Gasteiger partial charge in [-0.1, -0.05) is 32.8 Å². The molecule has 1 aromatic rings. The lowest BCUT2D eigenvalue weighted by Crippen LogP contribution is -2.32. The summed E-state index contributed by atoms with van der Waals surface area (Å²) in [6.07, 6.45) is 2.87. The Morgan fingerprint density at radius 1 is 1.17 bits per heavy atom. The van der Waals surface area contributed by atoms with Crippen molar-refractivity contribution in [2.45, 2.75) is 51.0 Å². The molecule has 0 aliphatic carbocycles. The number of amides is 1. The minimum Gasteiger partial charge on any atom is -0.345 e. The molecule has 1 aromatic carbocycles. The average Bonchev–Trinajstić information content (AvgIpc) is 2.45. The Bertz CT molecular complexity index is 624. The standard InChI is InChI=1S/C17H28N2O3S/c1-13(2)8-6-9-14(3)18-23(21,22)16-11-7-10-15(12-16)17(20)19(4)5/h7,10-14,18H,6,8-9H2,1-5H3. The Labute approximate surface area is 140 Å². The summed E-state index contributed by atoms with van der Waals surface area (Å²) in [5.74, 6) is 0.402. The van der Waals surface area contributed by atoms with Crippen molar-refractivity contribution in [3.05, 3.63) is 29.8 Å². The quantitative estimate of drug-likeness (QED) is 0.791. The zero-order chi connectivity index (χ0) is 17.6. The Hall–Kier alpha value is -1.40. The van der Waals surface area contributed by atoms with E-state index in [1.807, 2.05) is 6.92 Å². The third-order valence-electron chi connectivity index (χ3n) is 3.57. The van der Waals surface area contributed by atoms with Crippen LogP contribution in [0.5, 0.6) is 0 Å². The van der Waals surface area contributed by atoms with Gasteiger partial charge in [-0.25, -0.2) is 13.1 Å². The van der Waals surface area contributed by atoms with Gasteiger partial charge in [0.1, 0.15) is 0 Å². The highest BCUT2D eigenvalue weighted by molar-refractivity contribution is 7.89. The summed E-state index contributed by atoms with van der Waals surface area (Å²) < 4.78 is 27.6. The second kappa shape index (κ2) is 8.45. The largest absolute Gasteiger partial charge is 0.345 e. The van der Waals surface area contributed by atoms with Crippen molar-refractivity contribution in [2.75, 3.05) is 14.1 Å². The van der Waals surface area contributed by atoms with Crippen LogP contribution in [0.3, 0.4) is 0 Å². The van der Waals surface area contributed by atoms with Crippen molar-refractivity contribution in [2.24, 2.45) is 5.92 Å². The molecule has 1 atom stereocenters. The molecule has 1 N–H and O–H groups in total. The second-order valence-electron chi connectivity index (χ2n) is 6.57. The van der Waals surface area contributed by atoms with Crippen molar-refractivity contribution >= 4 is 15.9 Å². The molecule has 1 unspecified atom stereocenters. The van der Waals surface area contributed by atoms with E-state index in [9.17, 15) is 13.2 Å². The lowest BCUT2D eigenvalue weighted by atomic mass is 10.0. The first-order valence-corrected chi connectivity index (χ1v) is 9.46. The van der Waals surface area contributed by atoms with E-state index in [4.69, 9.17) is 0 Å². The number of benzene rings is 1. The highest BCUT2D eigenvalue weighted by atomic mass is 32.2. The molecule has 0 fully saturated rings. The van der Waals surface area contributed by atoms with Crippen LogP contribution in [0, 0.1) is 5.92 Å². The van der Waals surface area contributed by atoms with Crippen molar-refractivity contribution in [1.82, 2.24) is 9.62 Å². The molecular formula is C17H28N2O3S. The number of carbonyl (C=O) groups is 1. The van der Waals surface area contributed by atoms with E-state index in [1.165, 1.54) is 17.0 Å². The first kappa shape index (κ1) is 19.6. The smallest absolute Gasteiger partial charge is 0.253 e. The van der Waals surface area contributed by atoms with E-state index >= 15 is 0 Å². The lowest BCUT2D eigenvalue weighted by Gasteiger charge is -2.16. The highest BCUT2D eigenvalue weighted by Gasteiger charge is 2.19. The van der Waals surface area contributed by atoms with Gasteiger partial charge in [-0.05, 0) is 37.5 Å². The monoisotopic (exact) mass is 340 g/mol. The molecule has 0 aromatic heterocycles. The molecule has 0 aliphatic heterocycles. The molecule has 0 saturated heterocycles. The number of nitrogens with zero attached hydrogens (tertiary/aromatic N) is 1. The minimum absolute atomic E-state index is 0.126. The highest BCUT2D eigenvalue weighted by Crippen LogP contribution is 2.15. The van der Waals surface area contributed by atoms with Gasteiger partial charge < -0.3 is 4.90 Å². The Morgan fingerprint density at radius 3 is 2.39 bits per heavy atom. The van der Waals surface area contributed by atoms with Gasteiger partial charge in [0.15, 0.2) is 0 Å². The Kier molecular flexibility index (Phi) is 7.22. The molecule has 5 nitrogen and oxygen atoms in total. The first-order chi connectivity index (χ1) is 10.6. The molecule has 1 amide bonds. The minimum atomic E-state index is -3.61. The number of hydrogen-bond donors (Lipinski definition) is 1. The predicted molar refractivity (Wildman–Crippen MR) is 92.9 cm³/mol. The zero-order valence-corrected chi connectivity index (χ0v) is 15.5. The molecule has 0 saturated carbocycles. The van der Waals surface area contributed by atoms with Crippen molar-refractivity contribution < 1.29 is 13.2 Å². The van der Waals surface area contributed by atoms with Crippen molar-refractivity contribution in [1.29, 1.82) is 0 Å². The Balaban J connectivity index is 2.80. The maximum atomic E-state index is 12.4. The van der Waals surface area contributed by atoms with Crippen LogP contribution in [0.25, 0.3) is 0 Å². The maximum Gasteiger partial charge on any atom is 0.253 e. The maximum absolute atomic E-state index is 12.4. The van der Waals surface area contributed by atoms with Gasteiger partial charge in [0, 0.05) is 25.7 Å². The van der Waals surface area contributed by atoms with Gasteiger partial charge in [0.25, 0.3) is 5.91 Å². The van der Waals surface area contributed by atoms with E-state index in [2.05, 4.69) is 18.6 Å². The summed E-state index contributed by atoms with van der Waals surface area (Å²) in [4.78, 5) is 13.5. The van der Waals surface area contributed by atoms with Gasteiger partial charge in [-0.15, -0.1) is 0 Å². The van der Waals surface area contributed by atoms with Crippen LogP contribution >= 0.6 is 0 Å². The van der Waals surface area contributed by atoms with Gasteiger partial charge in [0.05, 0.1) is 4.90 Å². The molecule has 0 spiro atoms. The summed E-state index contributed by atoms with van der Waals surface area (Å²) in [6.45, 7) is 6.18. The summed E-state index contributed by atoms with van der Waals surface area (Å²) in [5, 5.41) is 0. The van der Waals surface area contributed by atoms with Crippen LogP contribution in [0.1, 0.15) is 50.4 Å². The first-order valence-electron chi connectivity index (χ1n) is 7.97. The van der Waals surface area contributed by atoms with Crippen molar-refractivity contribution in [3.8, 4) is 0 Å². The van der Waals surface area contributed by atoms with E-state index in [0.29, 0.717) is 11.5 Å². The van der Waals surface area contributed by atoms with Crippen LogP contribution in [0.4, 0.5) is 0 Å². The lowest BCUT2D eigenvalue weighted by molar-refractivity contribution is 0.0827. The predicted octanol–water partition coefficient (Wildman–Crippen LogP) is 2.88. The number of sulfonamides is 1. The molecule has 0 radical (unpaired) electrons. The van der Waals surface area contributed by atoms with Crippen LogP contribution in [0.2, 0.25) is 0 Å². The normalized spacial score (nSPS) is 13.1. The fourth-order valence-corrected chi connectivity index (χ4v) is 3.60. The molecular weight excluding hydrogens is 312 g/mol. The van der Waals surface area contributed by atoms with Gasteiger partial charge in [-0.3, -0.25) is 4.79 Å². The fraction of sp³-hybridized carbons (Fsp3) is 0.588. The van der Waals surface area contributed by atoms with Crippen LogP contribution in [0.15, 0.2) is 29.2 Å². The second-order valence-corrected chi connectivity index (χ2v) is 8.29. The zero-order valence-electron chi connectivity index (χ0n) is 14.7. The van der Waals surface area contributed by atoms with Crippen LogP contribution in [-0.2, 0) is 10.0 Å². The SMILES string of the molecule is CC(C)CCCC(C)NS(=O)(=O)c1cccc(C(=O)N(C)C)c1. The molecule has 0 aliphatic rings. The van der Waals surface area contributed by atoms with Gasteiger partial charge in [-0.2, -0.15) is 0 Å². The summed E-state index contributed by atoms with van der Waals surface area (Å²) in [5.41, 5.74) is 0.366. The molecule has 0 bridgehead atoms. The van der Waals surface area contributed by atoms with Gasteiger partial charge >= 0.3 is 0 Å². The number of hydrogen-bond acceptors (Lipinski definition) is 3. The molecule has 130 valence electrons. The van der Waals surface area contributed by atoms with Gasteiger partial charge in [0.2, 0.25) is 10.0 Å². The van der Waals surface area contributed by atoms with Crippen molar-refractivity contribution in [3.63, 3.8) is 0 Å². The van der Waals surface area contributed by atoms with E-state index < -0.39 is 10.0 Å². The summed E-state index contributed by atoms with van der Waals surface area (Å²) in [7, 11) is -0.338. The fourth-order valence-electron chi connectivity index (χ4n) is 2.28. The summed E-state index contributed by atoms with van der Waals surface area (Å²) in [6, 6.07) is 6.01. The van der Waals surface area contributed by atoms with E-state index in [0.717, 1.165) is 19.3 Å². The third-order valence-corrected chi connectivity index (χ3v) is 5.16. The van der Waals surface area contributed by atoms with E-state index in [1.54, 1.807) is 26.2 Å². The van der Waals surface area contributed by atoms with Crippen LogP contribution < -0.4 is 4.72 Å². The van der Waals surface area contributed by atoms with E-state index in [-0.39, 0.29) is 16.8 Å². The average molecular weight is 340 g/mol. The Morgan fingerprint density at radius 2 is 1.83 bits per heavy atom. The number of nitrogens with one attached hydrogen (secondary N) is 1. The molecule has 6 heteroatoms. The third kappa shape index (κ3) is 6.31. The molecule has 23 heavy (non-hydrogen) atoms.